The van der Waals surface area contributed by atoms with E-state index in [-0.39, 0.29) is 24.1 Å². The Morgan fingerprint density at radius 3 is 2.95 bits per heavy atom. The third-order valence-corrected chi connectivity index (χ3v) is 3.31. The van der Waals surface area contributed by atoms with Gasteiger partial charge in [0.15, 0.2) is 0 Å². The molecule has 19 heavy (non-hydrogen) atoms. The molecule has 1 amide bonds. The van der Waals surface area contributed by atoms with Crippen LogP contribution in [0, 0.1) is 23.6 Å². The normalized spacial score (nSPS) is 20.4. The fourth-order valence-electron chi connectivity index (χ4n) is 2.05. The number of amides is 1. The third-order valence-electron chi connectivity index (χ3n) is 3.31. The Bertz CT molecular complexity index is 545. The molecule has 3 N–H and O–H groups in total. The Hall–Kier alpha value is -1.86. The van der Waals surface area contributed by atoms with Crippen LogP contribution in [0.5, 0.6) is 0 Å². The number of rotatable bonds is 3. The van der Waals surface area contributed by atoms with Gasteiger partial charge in [0.1, 0.15) is 5.82 Å². The Morgan fingerprint density at radius 2 is 2.37 bits per heavy atom. The Balaban J connectivity index is 2.06. The lowest BCUT2D eigenvalue weighted by Gasteiger charge is -2.05. The molecule has 2 atom stereocenters. The molecule has 0 aliphatic heterocycles. The first kappa shape index (κ1) is 13.6. The fourth-order valence-corrected chi connectivity index (χ4v) is 2.05. The van der Waals surface area contributed by atoms with Crippen LogP contribution < -0.4 is 11.1 Å². The molecule has 0 saturated heterocycles. The maximum atomic E-state index is 13.8. The van der Waals surface area contributed by atoms with Crippen molar-refractivity contribution >= 4 is 5.91 Å². The van der Waals surface area contributed by atoms with Gasteiger partial charge in [-0.25, -0.2) is 4.39 Å². The molecular weight excluding hydrogens is 243 g/mol. The summed E-state index contributed by atoms with van der Waals surface area (Å²) in [7, 11) is 0. The van der Waals surface area contributed by atoms with Gasteiger partial charge in [0.2, 0.25) is 0 Å². The van der Waals surface area contributed by atoms with Gasteiger partial charge in [-0.3, -0.25) is 4.79 Å². The number of halogens is 1. The molecule has 0 spiro atoms. The summed E-state index contributed by atoms with van der Waals surface area (Å²) in [6.45, 7) is 2.31. The van der Waals surface area contributed by atoms with Crippen molar-refractivity contribution < 1.29 is 9.18 Å². The molecule has 1 aromatic carbocycles. The zero-order chi connectivity index (χ0) is 13.8. The SMILES string of the molecule is CCC1CC1NC(=O)c1ccc(C#CCN)cc1F. The van der Waals surface area contributed by atoms with Gasteiger partial charge in [-0.15, -0.1) is 0 Å². The van der Waals surface area contributed by atoms with E-state index in [4.69, 9.17) is 5.73 Å². The molecule has 1 fully saturated rings. The molecule has 1 aliphatic rings. The summed E-state index contributed by atoms with van der Waals surface area (Å²) in [6.07, 6.45) is 2.03. The van der Waals surface area contributed by atoms with Crippen molar-refractivity contribution in [1.82, 2.24) is 5.32 Å². The predicted octanol–water partition coefficient (Wildman–Crippen LogP) is 1.66. The maximum Gasteiger partial charge on any atom is 0.254 e. The van der Waals surface area contributed by atoms with Crippen molar-refractivity contribution in [2.75, 3.05) is 6.54 Å². The van der Waals surface area contributed by atoms with Gasteiger partial charge >= 0.3 is 0 Å². The van der Waals surface area contributed by atoms with E-state index in [2.05, 4.69) is 24.1 Å². The first-order valence-electron chi connectivity index (χ1n) is 6.45. The summed E-state index contributed by atoms with van der Waals surface area (Å²) in [6, 6.07) is 4.56. The van der Waals surface area contributed by atoms with Gasteiger partial charge < -0.3 is 11.1 Å². The highest BCUT2D eigenvalue weighted by atomic mass is 19.1. The molecule has 0 heterocycles. The van der Waals surface area contributed by atoms with E-state index in [0.29, 0.717) is 11.5 Å². The Labute approximate surface area is 112 Å². The molecule has 4 heteroatoms. The minimum absolute atomic E-state index is 0.0695. The minimum Gasteiger partial charge on any atom is -0.349 e. The number of benzene rings is 1. The zero-order valence-electron chi connectivity index (χ0n) is 10.9. The van der Waals surface area contributed by atoms with Gasteiger partial charge in [-0.2, -0.15) is 0 Å². The largest absolute Gasteiger partial charge is 0.349 e. The average Bonchev–Trinajstić information content (AvgIpc) is 3.14. The van der Waals surface area contributed by atoms with Gasteiger partial charge in [0.05, 0.1) is 12.1 Å². The van der Waals surface area contributed by atoms with E-state index < -0.39 is 5.82 Å². The number of carbonyl (C=O) groups excluding carboxylic acids is 1. The highest BCUT2D eigenvalue weighted by Crippen LogP contribution is 2.33. The van der Waals surface area contributed by atoms with Gasteiger partial charge in [0, 0.05) is 11.6 Å². The predicted molar refractivity (Wildman–Crippen MR) is 72.0 cm³/mol. The van der Waals surface area contributed by atoms with Crippen LogP contribution >= 0.6 is 0 Å². The zero-order valence-corrected chi connectivity index (χ0v) is 10.9. The second kappa shape index (κ2) is 5.85. The molecule has 3 nitrogen and oxygen atoms in total. The van der Waals surface area contributed by atoms with Crippen molar-refractivity contribution in [3.8, 4) is 11.8 Å². The van der Waals surface area contributed by atoms with Gasteiger partial charge in [-0.05, 0) is 30.5 Å². The third kappa shape index (κ3) is 3.33. The summed E-state index contributed by atoms with van der Waals surface area (Å²) in [5, 5.41) is 2.84. The molecule has 0 radical (unpaired) electrons. The van der Waals surface area contributed by atoms with Crippen LogP contribution in [-0.2, 0) is 0 Å². The molecule has 0 bridgehead atoms. The number of carbonyl (C=O) groups is 1. The van der Waals surface area contributed by atoms with Crippen LogP contribution in [0.15, 0.2) is 18.2 Å². The lowest BCUT2D eigenvalue weighted by Crippen LogP contribution is -2.27. The fraction of sp³-hybridized carbons (Fsp3) is 0.400. The van der Waals surface area contributed by atoms with Gasteiger partial charge in [0.25, 0.3) is 5.91 Å². The summed E-state index contributed by atoms with van der Waals surface area (Å²) in [5.74, 6) is 5.03. The number of hydrogen-bond acceptors (Lipinski definition) is 2. The molecule has 2 unspecified atom stereocenters. The maximum absolute atomic E-state index is 13.8. The monoisotopic (exact) mass is 260 g/mol. The smallest absolute Gasteiger partial charge is 0.254 e. The molecule has 1 aliphatic carbocycles. The number of hydrogen-bond donors (Lipinski definition) is 2. The van der Waals surface area contributed by atoms with E-state index in [0.717, 1.165) is 12.8 Å². The van der Waals surface area contributed by atoms with Crippen LogP contribution in [0.2, 0.25) is 0 Å². The molecule has 1 saturated carbocycles. The molecule has 1 aromatic rings. The average molecular weight is 260 g/mol. The van der Waals surface area contributed by atoms with Crippen molar-refractivity contribution in [3.63, 3.8) is 0 Å². The van der Waals surface area contributed by atoms with E-state index in [9.17, 15) is 9.18 Å². The van der Waals surface area contributed by atoms with Crippen molar-refractivity contribution in [1.29, 1.82) is 0 Å². The lowest BCUT2D eigenvalue weighted by molar-refractivity contribution is 0.0945. The van der Waals surface area contributed by atoms with Crippen LogP contribution in [-0.4, -0.2) is 18.5 Å². The Kier molecular flexibility index (Phi) is 4.18. The Morgan fingerprint density at radius 1 is 1.58 bits per heavy atom. The summed E-state index contributed by atoms with van der Waals surface area (Å²) >= 11 is 0. The van der Waals surface area contributed by atoms with Gasteiger partial charge in [-0.1, -0.05) is 25.2 Å². The van der Waals surface area contributed by atoms with E-state index in [1.54, 1.807) is 6.07 Å². The highest BCUT2D eigenvalue weighted by Gasteiger charge is 2.36. The van der Waals surface area contributed by atoms with E-state index in [1.165, 1.54) is 12.1 Å². The minimum atomic E-state index is -0.546. The van der Waals surface area contributed by atoms with E-state index >= 15 is 0 Å². The van der Waals surface area contributed by atoms with Crippen molar-refractivity contribution in [2.45, 2.75) is 25.8 Å². The van der Waals surface area contributed by atoms with Crippen LogP contribution in [0.4, 0.5) is 4.39 Å². The molecular formula is C15H17FN2O. The summed E-state index contributed by atoms with van der Waals surface area (Å²) in [5.41, 5.74) is 5.84. The highest BCUT2D eigenvalue weighted by molar-refractivity contribution is 5.95. The van der Waals surface area contributed by atoms with Crippen LogP contribution in [0.3, 0.4) is 0 Å². The quantitative estimate of drug-likeness (QED) is 0.812. The standard InChI is InChI=1S/C15H17FN2O/c1-2-11-9-14(11)18-15(19)12-6-5-10(4-3-7-17)8-13(12)16/h5-6,8,11,14H,2,7,9,17H2,1H3,(H,18,19). The van der Waals surface area contributed by atoms with Crippen LogP contribution in [0.1, 0.15) is 35.7 Å². The topological polar surface area (TPSA) is 55.1 Å². The second-order valence-electron chi connectivity index (χ2n) is 4.68. The molecule has 2 rings (SSSR count). The summed E-state index contributed by atoms with van der Waals surface area (Å²) in [4.78, 5) is 11.9. The second-order valence-corrected chi connectivity index (χ2v) is 4.68. The van der Waals surface area contributed by atoms with E-state index in [1.807, 2.05) is 0 Å². The van der Waals surface area contributed by atoms with Crippen molar-refractivity contribution in [2.24, 2.45) is 11.7 Å². The summed E-state index contributed by atoms with van der Waals surface area (Å²) < 4.78 is 13.8. The number of nitrogens with two attached hydrogens (primary N) is 1. The first-order valence-corrected chi connectivity index (χ1v) is 6.45. The first-order chi connectivity index (χ1) is 9.15. The van der Waals surface area contributed by atoms with Crippen LogP contribution in [0.25, 0.3) is 0 Å². The lowest BCUT2D eigenvalue weighted by atomic mass is 10.1. The molecule has 0 aromatic heterocycles. The number of nitrogens with one attached hydrogen (secondary N) is 1. The van der Waals surface area contributed by atoms with Crippen molar-refractivity contribution in [3.05, 3.63) is 35.1 Å². The molecule has 100 valence electrons.